The molecule has 0 heterocycles. The Morgan fingerprint density at radius 3 is 1.44 bits per heavy atom. The van der Waals surface area contributed by atoms with Crippen molar-refractivity contribution in [2.45, 2.75) is 12.8 Å². The van der Waals surface area contributed by atoms with Crippen molar-refractivity contribution in [2.75, 3.05) is 36.0 Å². The van der Waals surface area contributed by atoms with Gasteiger partial charge in [0.1, 0.15) is 19.7 Å². The van der Waals surface area contributed by atoms with Crippen LogP contribution in [0.1, 0.15) is 12.8 Å². The predicted octanol–water partition coefficient (Wildman–Crippen LogP) is 0.229. The number of aliphatic hydroxyl groups excluding tert-OH is 1. The molecule has 0 radical (unpaired) electrons. The molecule has 0 aromatic carbocycles. The summed E-state index contributed by atoms with van der Waals surface area (Å²) in [4.78, 5) is 0. The van der Waals surface area contributed by atoms with Gasteiger partial charge in [-0.25, -0.2) is 16.8 Å². The van der Waals surface area contributed by atoms with Crippen LogP contribution in [0.25, 0.3) is 0 Å². The lowest BCUT2D eigenvalue weighted by atomic mass is 10.5. The Morgan fingerprint density at radius 2 is 1.31 bits per heavy atom. The van der Waals surface area contributed by atoms with Gasteiger partial charge in [0.25, 0.3) is 0 Å². The van der Waals surface area contributed by atoms with Crippen LogP contribution in [0.4, 0.5) is 0 Å². The zero-order valence-electron chi connectivity index (χ0n) is 9.52. The van der Waals surface area contributed by atoms with Crippen LogP contribution in [0.15, 0.2) is 0 Å². The van der Waals surface area contributed by atoms with E-state index in [0.717, 1.165) is 11.6 Å². The monoisotopic (exact) mass is 338 g/mol. The topological polar surface area (TPSA) is 88.5 Å². The Hall–Kier alpha value is 0.340. The Kier molecular flexibility index (Phi) is 11.0. The van der Waals surface area contributed by atoms with Gasteiger partial charge in [0.15, 0.2) is 0 Å². The second kappa shape index (κ2) is 9.38. The predicted molar refractivity (Wildman–Crippen MR) is 69.5 cm³/mol. The standard InChI is InChI=1S/C4H9BrO2S.C4H10O3S/c2*1-8(6,7)4-2-3-5/h2-4H2,1H3;5H,2-4H2,1H3. The minimum atomic E-state index is -2.85. The number of rotatable bonds is 6. The molecule has 0 rings (SSSR count). The highest BCUT2D eigenvalue weighted by atomic mass is 79.9. The maximum atomic E-state index is 10.4. The maximum absolute atomic E-state index is 10.4. The van der Waals surface area contributed by atoms with E-state index in [9.17, 15) is 16.8 Å². The molecule has 0 unspecified atom stereocenters. The minimum absolute atomic E-state index is 0.0485. The van der Waals surface area contributed by atoms with Gasteiger partial charge in [0.2, 0.25) is 0 Å². The van der Waals surface area contributed by atoms with E-state index < -0.39 is 19.7 Å². The summed E-state index contributed by atoms with van der Waals surface area (Å²) in [5, 5.41) is 8.93. The molecular formula is C8H19BrO5S2. The minimum Gasteiger partial charge on any atom is -0.396 e. The van der Waals surface area contributed by atoms with E-state index >= 15 is 0 Å². The Morgan fingerprint density at radius 1 is 0.938 bits per heavy atom. The van der Waals surface area contributed by atoms with E-state index in [1.807, 2.05) is 0 Å². The molecule has 1 N–H and O–H groups in total. The van der Waals surface area contributed by atoms with Gasteiger partial charge < -0.3 is 5.11 Å². The van der Waals surface area contributed by atoms with E-state index in [-0.39, 0.29) is 18.1 Å². The molecule has 5 nitrogen and oxygen atoms in total. The summed E-state index contributed by atoms with van der Waals surface area (Å²) in [5.74, 6) is 0.377. The molecule has 0 bridgehead atoms. The Labute approximate surface area is 106 Å². The van der Waals surface area contributed by atoms with Crippen molar-refractivity contribution < 1.29 is 21.9 Å². The van der Waals surface area contributed by atoms with Crippen molar-refractivity contribution in [3.63, 3.8) is 0 Å². The number of sulfone groups is 2. The van der Waals surface area contributed by atoms with Gasteiger partial charge >= 0.3 is 0 Å². The molecule has 100 valence electrons. The van der Waals surface area contributed by atoms with Crippen LogP contribution in [0.3, 0.4) is 0 Å². The van der Waals surface area contributed by atoms with Gasteiger partial charge in [-0.1, -0.05) is 15.9 Å². The highest BCUT2D eigenvalue weighted by Crippen LogP contribution is 1.91. The molecule has 0 aliphatic rings. The van der Waals surface area contributed by atoms with E-state index in [1.165, 1.54) is 6.26 Å². The summed E-state index contributed by atoms with van der Waals surface area (Å²) in [6.07, 6.45) is 3.45. The number of alkyl halides is 1. The van der Waals surface area contributed by atoms with Crippen LogP contribution in [-0.2, 0) is 19.7 Å². The van der Waals surface area contributed by atoms with Gasteiger partial charge in [-0.05, 0) is 12.8 Å². The molecule has 0 aliphatic heterocycles. The lowest BCUT2D eigenvalue weighted by molar-refractivity contribution is 0.295. The van der Waals surface area contributed by atoms with Gasteiger partial charge in [-0.15, -0.1) is 0 Å². The smallest absolute Gasteiger partial charge is 0.147 e. The number of hydrogen-bond donors (Lipinski definition) is 1. The van der Waals surface area contributed by atoms with E-state index in [2.05, 4.69) is 15.9 Å². The lowest BCUT2D eigenvalue weighted by Crippen LogP contribution is -2.03. The van der Waals surface area contributed by atoms with Crippen LogP contribution in [0, 0.1) is 0 Å². The summed E-state index contributed by atoms with van der Waals surface area (Å²) >= 11 is 3.14. The lowest BCUT2D eigenvalue weighted by Gasteiger charge is -1.91. The zero-order chi connectivity index (χ0) is 13.2. The SMILES string of the molecule is CS(=O)(=O)CCCBr.CS(=O)(=O)CCCO. The molecule has 0 amide bonds. The van der Waals surface area contributed by atoms with Crippen LogP contribution in [0.5, 0.6) is 0 Å². The van der Waals surface area contributed by atoms with Gasteiger partial charge in [-0.2, -0.15) is 0 Å². The summed E-state index contributed by atoms with van der Waals surface area (Å²) in [7, 11) is -5.56. The molecular weight excluding hydrogens is 320 g/mol. The molecule has 0 aromatic rings. The molecule has 0 atom stereocenters. The maximum Gasteiger partial charge on any atom is 0.147 e. The molecule has 0 aliphatic carbocycles. The molecule has 0 saturated carbocycles. The quantitative estimate of drug-likeness (QED) is 0.700. The molecule has 0 fully saturated rings. The largest absolute Gasteiger partial charge is 0.396 e. The summed E-state index contributed by atoms with van der Waals surface area (Å²) < 4.78 is 41.3. The molecule has 0 saturated heterocycles. The first-order valence-electron chi connectivity index (χ1n) is 4.64. The third-order valence-electron chi connectivity index (χ3n) is 1.32. The Bertz CT molecular complexity index is 311. The fraction of sp³-hybridized carbons (Fsp3) is 1.00. The van der Waals surface area contributed by atoms with Crippen molar-refractivity contribution in [1.82, 2.24) is 0 Å². The number of halogens is 1. The molecule has 16 heavy (non-hydrogen) atoms. The Balaban J connectivity index is 0. The van der Waals surface area contributed by atoms with Crippen molar-refractivity contribution >= 4 is 35.6 Å². The van der Waals surface area contributed by atoms with E-state index in [1.54, 1.807) is 0 Å². The number of hydrogen-bond acceptors (Lipinski definition) is 5. The van der Waals surface area contributed by atoms with Gasteiger partial charge in [0.05, 0.1) is 11.5 Å². The first kappa shape index (κ1) is 18.7. The average Bonchev–Trinajstić information content (AvgIpc) is 2.10. The highest BCUT2D eigenvalue weighted by molar-refractivity contribution is 9.09. The summed E-state index contributed by atoms with van der Waals surface area (Å²) in [6, 6.07) is 0. The van der Waals surface area contributed by atoms with Crippen LogP contribution in [-0.4, -0.2) is 57.9 Å². The van der Waals surface area contributed by atoms with Crippen LogP contribution < -0.4 is 0 Å². The fourth-order valence-corrected chi connectivity index (χ4v) is 2.62. The number of aliphatic hydroxyl groups is 1. The normalized spacial score (nSPS) is 11.8. The van der Waals surface area contributed by atoms with E-state index in [4.69, 9.17) is 5.11 Å². The zero-order valence-corrected chi connectivity index (χ0v) is 12.7. The third kappa shape index (κ3) is 23.9. The highest BCUT2D eigenvalue weighted by Gasteiger charge is 1.98. The van der Waals surface area contributed by atoms with Crippen LogP contribution >= 0.6 is 15.9 Å². The first-order valence-corrected chi connectivity index (χ1v) is 9.89. The molecule has 8 heteroatoms. The average molecular weight is 339 g/mol. The summed E-state index contributed by atoms with van der Waals surface area (Å²) in [6.45, 7) is -0.0485. The fourth-order valence-electron chi connectivity index (χ4n) is 0.643. The molecule has 0 spiro atoms. The van der Waals surface area contributed by atoms with Gasteiger partial charge in [-0.3, -0.25) is 0 Å². The first-order chi connectivity index (χ1) is 7.12. The van der Waals surface area contributed by atoms with Crippen molar-refractivity contribution in [1.29, 1.82) is 0 Å². The van der Waals surface area contributed by atoms with Gasteiger partial charge in [0, 0.05) is 24.4 Å². The summed E-state index contributed by atoms with van der Waals surface area (Å²) in [5.41, 5.74) is 0. The van der Waals surface area contributed by atoms with Crippen molar-refractivity contribution in [3.05, 3.63) is 0 Å². The van der Waals surface area contributed by atoms with Crippen molar-refractivity contribution in [3.8, 4) is 0 Å². The second-order valence-electron chi connectivity index (χ2n) is 3.38. The third-order valence-corrected chi connectivity index (χ3v) is 3.94. The van der Waals surface area contributed by atoms with Crippen molar-refractivity contribution in [2.24, 2.45) is 0 Å². The second-order valence-corrected chi connectivity index (χ2v) is 8.69. The molecule has 0 aromatic heterocycles. The van der Waals surface area contributed by atoms with E-state index in [0.29, 0.717) is 12.8 Å². The van der Waals surface area contributed by atoms with Crippen LogP contribution in [0.2, 0.25) is 0 Å².